The Labute approximate surface area is 162 Å². The summed E-state index contributed by atoms with van der Waals surface area (Å²) >= 11 is 6.20. The quantitative estimate of drug-likeness (QED) is 0.728. The van der Waals surface area contributed by atoms with Crippen molar-refractivity contribution in [2.24, 2.45) is 0 Å². The lowest BCUT2D eigenvalue weighted by atomic mass is 10.00. The summed E-state index contributed by atoms with van der Waals surface area (Å²) in [6.07, 6.45) is 2.06. The lowest BCUT2D eigenvalue weighted by Crippen LogP contribution is -2.42. The van der Waals surface area contributed by atoms with Crippen LogP contribution in [0.15, 0.2) is 66.9 Å². The predicted octanol–water partition coefficient (Wildman–Crippen LogP) is 4.32. The van der Waals surface area contributed by atoms with Crippen LogP contribution in [0.1, 0.15) is 17.3 Å². The van der Waals surface area contributed by atoms with Gasteiger partial charge < -0.3 is 9.88 Å². The van der Waals surface area contributed by atoms with E-state index in [2.05, 4.69) is 27.0 Å². The van der Waals surface area contributed by atoms with Gasteiger partial charge in [0.25, 0.3) is 0 Å². The number of carbonyl (C=O) groups is 1. The van der Waals surface area contributed by atoms with Gasteiger partial charge in [-0.15, -0.1) is 0 Å². The summed E-state index contributed by atoms with van der Waals surface area (Å²) in [6.45, 7) is 1.80. The first-order valence-electron chi connectivity index (χ1n) is 8.80. The van der Waals surface area contributed by atoms with E-state index in [0.717, 1.165) is 24.3 Å². The lowest BCUT2D eigenvalue weighted by molar-refractivity contribution is -0.117. The summed E-state index contributed by atoms with van der Waals surface area (Å²) in [4.78, 5) is 14.7. The average Bonchev–Trinajstić information content (AvgIpc) is 3.12. The Kier molecular flexibility index (Phi) is 4.97. The van der Waals surface area contributed by atoms with Crippen LogP contribution in [0.4, 0.5) is 10.1 Å². The van der Waals surface area contributed by atoms with Crippen molar-refractivity contribution in [1.82, 2.24) is 9.47 Å². The predicted molar refractivity (Wildman–Crippen MR) is 104 cm³/mol. The van der Waals surface area contributed by atoms with E-state index in [-0.39, 0.29) is 24.3 Å². The molecule has 138 valence electrons. The van der Waals surface area contributed by atoms with Gasteiger partial charge in [0.05, 0.1) is 12.6 Å². The van der Waals surface area contributed by atoms with Crippen LogP contribution in [0.3, 0.4) is 0 Å². The van der Waals surface area contributed by atoms with Crippen LogP contribution in [0.25, 0.3) is 0 Å². The molecule has 1 atom stereocenters. The molecule has 2 heterocycles. The van der Waals surface area contributed by atoms with Gasteiger partial charge in [0, 0.05) is 35.7 Å². The molecule has 0 spiro atoms. The highest BCUT2D eigenvalue weighted by molar-refractivity contribution is 6.30. The Morgan fingerprint density at radius 2 is 1.93 bits per heavy atom. The van der Waals surface area contributed by atoms with E-state index >= 15 is 0 Å². The summed E-state index contributed by atoms with van der Waals surface area (Å²) in [5.41, 5.74) is 2.77. The SMILES string of the molecule is O=C(CN1CCn2cccc2C1c1cccc(Cl)c1)Nc1ccc(F)cc1. The number of carbonyl (C=O) groups excluding carboxylic acids is 1. The molecule has 3 aromatic rings. The zero-order valence-electron chi connectivity index (χ0n) is 14.6. The molecule has 1 N–H and O–H groups in total. The summed E-state index contributed by atoms with van der Waals surface area (Å²) < 4.78 is 15.3. The van der Waals surface area contributed by atoms with E-state index in [4.69, 9.17) is 11.6 Å². The number of nitrogens with zero attached hydrogens (tertiary/aromatic N) is 2. The molecule has 0 saturated carbocycles. The Morgan fingerprint density at radius 3 is 2.70 bits per heavy atom. The van der Waals surface area contributed by atoms with E-state index in [1.807, 2.05) is 30.3 Å². The topological polar surface area (TPSA) is 37.3 Å². The summed E-state index contributed by atoms with van der Waals surface area (Å²) in [5, 5.41) is 3.51. The number of benzene rings is 2. The Hall–Kier alpha value is -2.63. The first kappa shape index (κ1) is 17.8. The Balaban J connectivity index is 1.57. The molecule has 0 bridgehead atoms. The third-order valence-electron chi connectivity index (χ3n) is 4.78. The van der Waals surface area contributed by atoms with Gasteiger partial charge in [-0.05, 0) is 54.1 Å². The Bertz CT molecular complexity index is 954. The molecule has 1 aliphatic heterocycles. The van der Waals surface area contributed by atoms with Gasteiger partial charge in [-0.2, -0.15) is 0 Å². The molecule has 27 heavy (non-hydrogen) atoms. The number of nitrogens with one attached hydrogen (secondary N) is 1. The molecular weight excluding hydrogens is 365 g/mol. The maximum absolute atomic E-state index is 13.0. The van der Waals surface area contributed by atoms with Crippen molar-refractivity contribution in [3.05, 3.63) is 89.0 Å². The lowest BCUT2D eigenvalue weighted by Gasteiger charge is -2.37. The van der Waals surface area contributed by atoms with Crippen molar-refractivity contribution < 1.29 is 9.18 Å². The number of fused-ring (bicyclic) bond motifs is 1. The average molecular weight is 384 g/mol. The minimum absolute atomic E-state index is 0.0496. The number of amides is 1. The monoisotopic (exact) mass is 383 g/mol. The van der Waals surface area contributed by atoms with Gasteiger partial charge in [0.15, 0.2) is 0 Å². The molecule has 1 unspecified atom stereocenters. The van der Waals surface area contributed by atoms with E-state index in [9.17, 15) is 9.18 Å². The standard InChI is InChI=1S/C21H19ClFN3O/c22-16-4-1-3-15(13-16)21-19-5-2-10-25(19)11-12-26(21)14-20(27)24-18-8-6-17(23)7-9-18/h1-10,13,21H,11-12,14H2,(H,24,27). The highest BCUT2D eigenvalue weighted by atomic mass is 35.5. The third-order valence-corrected chi connectivity index (χ3v) is 5.01. The molecule has 1 aromatic heterocycles. The molecule has 4 nitrogen and oxygen atoms in total. The van der Waals surface area contributed by atoms with Crippen molar-refractivity contribution in [1.29, 1.82) is 0 Å². The summed E-state index contributed by atoms with van der Waals surface area (Å²) in [6, 6.07) is 17.6. The van der Waals surface area contributed by atoms with E-state index in [1.165, 1.54) is 12.1 Å². The van der Waals surface area contributed by atoms with Crippen LogP contribution in [-0.4, -0.2) is 28.5 Å². The van der Waals surface area contributed by atoms with Gasteiger partial charge in [0.2, 0.25) is 5.91 Å². The van der Waals surface area contributed by atoms with Crippen LogP contribution in [0.2, 0.25) is 5.02 Å². The molecule has 0 aliphatic carbocycles. The van der Waals surface area contributed by atoms with Gasteiger partial charge >= 0.3 is 0 Å². The minimum Gasteiger partial charge on any atom is -0.348 e. The van der Waals surface area contributed by atoms with E-state index in [0.29, 0.717) is 10.7 Å². The minimum atomic E-state index is -0.328. The highest BCUT2D eigenvalue weighted by Gasteiger charge is 2.30. The fraction of sp³-hybridized carbons (Fsp3) is 0.190. The first-order valence-corrected chi connectivity index (χ1v) is 9.18. The molecule has 0 radical (unpaired) electrons. The van der Waals surface area contributed by atoms with Crippen molar-refractivity contribution in [3.63, 3.8) is 0 Å². The van der Waals surface area contributed by atoms with Crippen molar-refractivity contribution in [2.45, 2.75) is 12.6 Å². The number of anilines is 1. The first-order chi connectivity index (χ1) is 13.1. The molecule has 4 rings (SSSR count). The Morgan fingerprint density at radius 1 is 1.11 bits per heavy atom. The fourth-order valence-corrected chi connectivity index (χ4v) is 3.78. The highest BCUT2D eigenvalue weighted by Crippen LogP contribution is 2.33. The summed E-state index contributed by atoms with van der Waals surface area (Å²) in [5.74, 6) is -0.459. The normalized spacial score (nSPS) is 16.7. The fourth-order valence-electron chi connectivity index (χ4n) is 3.58. The summed E-state index contributed by atoms with van der Waals surface area (Å²) in [7, 11) is 0. The number of hydrogen-bond acceptors (Lipinski definition) is 2. The number of halogens is 2. The van der Waals surface area contributed by atoms with E-state index < -0.39 is 0 Å². The number of hydrogen-bond donors (Lipinski definition) is 1. The second kappa shape index (κ2) is 7.55. The van der Waals surface area contributed by atoms with Crippen LogP contribution < -0.4 is 5.32 Å². The van der Waals surface area contributed by atoms with Crippen LogP contribution in [0, 0.1) is 5.82 Å². The molecule has 1 amide bonds. The van der Waals surface area contributed by atoms with Gasteiger partial charge in [-0.3, -0.25) is 9.69 Å². The molecule has 1 aliphatic rings. The molecule has 6 heteroatoms. The maximum atomic E-state index is 13.0. The second-order valence-electron chi connectivity index (χ2n) is 6.61. The van der Waals surface area contributed by atoms with E-state index in [1.54, 1.807) is 12.1 Å². The smallest absolute Gasteiger partial charge is 0.238 e. The largest absolute Gasteiger partial charge is 0.348 e. The number of rotatable bonds is 4. The second-order valence-corrected chi connectivity index (χ2v) is 7.05. The van der Waals surface area contributed by atoms with Crippen LogP contribution >= 0.6 is 11.6 Å². The van der Waals surface area contributed by atoms with Crippen LogP contribution in [-0.2, 0) is 11.3 Å². The van der Waals surface area contributed by atoms with Crippen LogP contribution in [0.5, 0.6) is 0 Å². The van der Waals surface area contributed by atoms with Crippen molar-refractivity contribution in [3.8, 4) is 0 Å². The zero-order valence-corrected chi connectivity index (χ0v) is 15.4. The van der Waals surface area contributed by atoms with Gasteiger partial charge in [-0.25, -0.2) is 4.39 Å². The molecule has 0 fully saturated rings. The van der Waals surface area contributed by atoms with Gasteiger partial charge in [0.1, 0.15) is 5.82 Å². The zero-order chi connectivity index (χ0) is 18.8. The third kappa shape index (κ3) is 3.89. The molecular formula is C21H19ClFN3O. The maximum Gasteiger partial charge on any atom is 0.238 e. The van der Waals surface area contributed by atoms with Gasteiger partial charge in [-0.1, -0.05) is 23.7 Å². The molecule has 2 aromatic carbocycles. The van der Waals surface area contributed by atoms with Crippen molar-refractivity contribution >= 4 is 23.2 Å². The van der Waals surface area contributed by atoms with Crippen molar-refractivity contribution in [2.75, 3.05) is 18.4 Å². The number of aromatic nitrogens is 1. The molecule has 0 saturated heterocycles.